The van der Waals surface area contributed by atoms with E-state index in [9.17, 15) is 24.2 Å². The van der Waals surface area contributed by atoms with E-state index < -0.39 is 47.5 Å². The highest BCUT2D eigenvalue weighted by Crippen LogP contribution is 2.38. The number of alkyl halides is 1. The Morgan fingerprint density at radius 3 is 2.68 bits per heavy atom. The van der Waals surface area contributed by atoms with Crippen molar-refractivity contribution >= 4 is 11.6 Å². The zero-order chi connectivity index (χ0) is 14.2. The summed E-state index contributed by atoms with van der Waals surface area (Å²) in [4.78, 5) is 24.3. The molecule has 1 aromatic heterocycles. The smallest absolute Gasteiger partial charge is 0.330 e. The van der Waals surface area contributed by atoms with Gasteiger partial charge in [-0.05, 0) is 0 Å². The molecule has 2 heterocycles. The molecule has 0 amide bonds. The number of H-pyrrole nitrogens is 1. The molecule has 1 aliphatic rings. The van der Waals surface area contributed by atoms with E-state index in [0.29, 0.717) is 6.20 Å². The molecule has 106 valence electrons. The molecule has 0 aromatic carbocycles. The third-order valence-corrected chi connectivity index (χ3v) is 3.39. The number of rotatable bonds is 3. The molecule has 1 fully saturated rings. The van der Waals surface area contributed by atoms with Crippen LogP contribution in [0.15, 0.2) is 15.8 Å². The quantitative estimate of drug-likeness (QED) is 0.616. The van der Waals surface area contributed by atoms with Gasteiger partial charge in [0.15, 0.2) is 6.23 Å². The van der Waals surface area contributed by atoms with Crippen LogP contribution in [-0.4, -0.2) is 44.0 Å². The van der Waals surface area contributed by atoms with Gasteiger partial charge >= 0.3 is 5.69 Å². The van der Waals surface area contributed by atoms with Gasteiger partial charge in [0.05, 0.1) is 24.8 Å². The first-order chi connectivity index (χ1) is 8.92. The van der Waals surface area contributed by atoms with Crippen molar-refractivity contribution in [2.24, 2.45) is 0 Å². The lowest BCUT2D eigenvalue weighted by Gasteiger charge is -2.24. The predicted octanol–water partition coefficient (Wildman–Crippen LogP) is -1.07. The highest BCUT2D eigenvalue weighted by Gasteiger charge is 2.46. The summed E-state index contributed by atoms with van der Waals surface area (Å²) in [7, 11) is 0. The number of nitrogens with zero attached hydrogens (tertiary/aromatic N) is 1. The van der Waals surface area contributed by atoms with Crippen LogP contribution >= 0.6 is 11.6 Å². The maximum absolute atomic E-state index is 13.2. The van der Waals surface area contributed by atoms with Gasteiger partial charge in [0.1, 0.15) is 5.60 Å². The Balaban J connectivity index is 2.41. The normalized spacial score (nSPS) is 25.7. The van der Waals surface area contributed by atoms with Crippen LogP contribution in [0, 0.1) is 5.82 Å². The van der Waals surface area contributed by atoms with E-state index >= 15 is 0 Å². The number of aromatic amines is 1. The van der Waals surface area contributed by atoms with Crippen molar-refractivity contribution in [3.63, 3.8) is 0 Å². The Bertz CT molecular complexity index is 582. The van der Waals surface area contributed by atoms with Crippen molar-refractivity contribution in [1.82, 2.24) is 9.55 Å². The lowest BCUT2D eigenvalue weighted by atomic mass is 10.0. The van der Waals surface area contributed by atoms with Gasteiger partial charge in [-0.25, -0.2) is 4.79 Å². The monoisotopic (exact) mass is 294 g/mol. The fraction of sp³-hybridized carbons (Fsp3) is 0.600. The summed E-state index contributed by atoms with van der Waals surface area (Å²) in [6.45, 7) is -0.992. The Kier molecular flexibility index (Phi) is 3.77. The standard InChI is InChI=1S/C10H12ClFN2O5/c11-5-1-10(3-15,4-16)19-8(5)14-2-6(12)7(17)13-9(14)18/h2,5,8,15-16H,1,3-4H2,(H,13,17,18)/t5-,8+/m0/s1. The summed E-state index contributed by atoms with van der Waals surface area (Å²) in [5.41, 5.74) is -3.31. The highest BCUT2D eigenvalue weighted by molar-refractivity contribution is 6.21. The van der Waals surface area contributed by atoms with Crippen LogP contribution in [0.1, 0.15) is 12.6 Å². The number of aliphatic hydroxyl groups excluding tert-OH is 2. The Hall–Kier alpha value is -1.22. The SMILES string of the molecule is O=c1[nH]c(=O)n([C@@H]2OC(CO)(CO)C[C@@H]2Cl)cc1F. The van der Waals surface area contributed by atoms with E-state index in [2.05, 4.69) is 0 Å². The van der Waals surface area contributed by atoms with Crippen LogP contribution in [0.25, 0.3) is 0 Å². The molecule has 2 atom stereocenters. The third kappa shape index (κ3) is 2.44. The first-order valence-corrected chi connectivity index (χ1v) is 5.91. The average Bonchev–Trinajstić information content (AvgIpc) is 2.72. The second-order valence-corrected chi connectivity index (χ2v) is 4.93. The van der Waals surface area contributed by atoms with E-state index in [-0.39, 0.29) is 6.42 Å². The van der Waals surface area contributed by atoms with Gasteiger partial charge in [-0.3, -0.25) is 14.3 Å². The number of ether oxygens (including phenoxy) is 1. The van der Waals surface area contributed by atoms with E-state index in [1.165, 1.54) is 0 Å². The highest BCUT2D eigenvalue weighted by atomic mass is 35.5. The van der Waals surface area contributed by atoms with Crippen LogP contribution in [0.4, 0.5) is 4.39 Å². The third-order valence-electron chi connectivity index (χ3n) is 3.02. The summed E-state index contributed by atoms with van der Waals surface area (Å²) in [5.74, 6) is -1.16. The molecule has 3 N–H and O–H groups in total. The van der Waals surface area contributed by atoms with E-state index in [0.717, 1.165) is 4.57 Å². The van der Waals surface area contributed by atoms with E-state index in [4.69, 9.17) is 16.3 Å². The number of aliphatic hydroxyl groups is 2. The van der Waals surface area contributed by atoms with Gasteiger partial charge in [-0.1, -0.05) is 0 Å². The summed E-state index contributed by atoms with van der Waals surface area (Å²) >= 11 is 6.00. The van der Waals surface area contributed by atoms with E-state index in [1.54, 1.807) is 4.98 Å². The fourth-order valence-corrected chi connectivity index (χ4v) is 2.42. The average molecular weight is 295 g/mol. The van der Waals surface area contributed by atoms with Gasteiger partial charge in [-0.15, -0.1) is 11.6 Å². The maximum Gasteiger partial charge on any atom is 0.330 e. The number of halogens is 2. The van der Waals surface area contributed by atoms with Crippen LogP contribution in [0.3, 0.4) is 0 Å². The molecule has 7 nitrogen and oxygen atoms in total. The molecule has 1 saturated heterocycles. The van der Waals surface area contributed by atoms with E-state index in [1.807, 2.05) is 0 Å². The number of hydrogen-bond donors (Lipinski definition) is 3. The zero-order valence-corrected chi connectivity index (χ0v) is 10.4. The lowest BCUT2D eigenvalue weighted by molar-refractivity contribution is -0.122. The maximum atomic E-state index is 13.2. The Morgan fingerprint density at radius 2 is 2.16 bits per heavy atom. The van der Waals surface area contributed by atoms with Crippen LogP contribution < -0.4 is 11.2 Å². The molecule has 0 saturated carbocycles. The van der Waals surface area contributed by atoms with Gasteiger partial charge in [0.25, 0.3) is 5.56 Å². The molecule has 0 aliphatic carbocycles. The molecule has 0 spiro atoms. The summed E-state index contributed by atoms with van der Waals surface area (Å²) in [5, 5.41) is 17.6. The number of aromatic nitrogens is 2. The van der Waals surface area contributed by atoms with Crippen LogP contribution in [0.5, 0.6) is 0 Å². The summed E-state index contributed by atoms with van der Waals surface area (Å²) in [6.07, 6.45) is -0.314. The molecule has 1 aliphatic heterocycles. The van der Waals surface area contributed by atoms with Crippen molar-refractivity contribution in [2.75, 3.05) is 13.2 Å². The van der Waals surface area contributed by atoms with Crippen molar-refractivity contribution in [3.05, 3.63) is 32.9 Å². The molecule has 9 heteroatoms. The molecule has 0 radical (unpaired) electrons. The van der Waals surface area contributed by atoms with Gasteiger partial charge in [-0.2, -0.15) is 4.39 Å². The molecule has 2 rings (SSSR count). The predicted molar refractivity (Wildman–Crippen MR) is 62.6 cm³/mol. The van der Waals surface area contributed by atoms with Gasteiger partial charge in [0, 0.05) is 6.42 Å². The minimum atomic E-state index is -1.29. The Labute approximate surface area is 111 Å². The molecule has 0 unspecified atom stereocenters. The van der Waals surface area contributed by atoms with Gasteiger partial charge < -0.3 is 14.9 Å². The molecule has 19 heavy (non-hydrogen) atoms. The molecular formula is C10H12ClFN2O5. The fourth-order valence-electron chi connectivity index (χ4n) is 1.97. The second-order valence-electron chi connectivity index (χ2n) is 4.37. The lowest BCUT2D eigenvalue weighted by Crippen LogP contribution is -2.39. The molecule has 0 bridgehead atoms. The molecular weight excluding hydrogens is 283 g/mol. The van der Waals surface area contributed by atoms with Gasteiger partial charge in [0.2, 0.25) is 5.82 Å². The minimum absolute atomic E-state index is 0.0827. The van der Waals surface area contributed by atoms with Crippen molar-refractivity contribution < 1.29 is 19.3 Å². The summed E-state index contributed by atoms with van der Waals surface area (Å²) in [6, 6.07) is 0. The minimum Gasteiger partial charge on any atom is -0.393 e. The van der Waals surface area contributed by atoms with Crippen LogP contribution in [0.2, 0.25) is 0 Å². The first kappa shape index (κ1) is 14.2. The Morgan fingerprint density at radius 1 is 1.53 bits per heavy atom. The van der Waals surface area contributed by atoms with Crippen LogP contribution in [-0.2, 0) is 4.74 Å². The topological polar surface area (TPSA) is 105 Å². The van der Waals surface area contributed by atoms with Crippen molar-refractivity contribution in [1.29, 1.82) is 0 Å². The zero-order valence-electron chi connectivity index (χ0n) is 9.68. The molecule has 1 aromatic rings. The van der Waals surface area contributed by atoms with Crippen molar-refractivity contribution in [3.8, 4) is 0 Å². The first-order valence-electron chi connectivity index (χ1n) is 5.47. The summed E-state index contributed by atoms with van der Waals surface area (Å²) < 4.78 is 19.4. The number of nitrogens with one attached hydrogen (secondary N) is 1. The largest absolute Gasteiger partial charge is 0.393 e. The second kappa shape index (κ2) is 5.04. The number of hydrogen-bond acceptors (Lipinski definition) is 5. The van der Waals surface area contributed by atoms with Crippen molar-refractivity contribution in [2.45, 2.75) is 23.6 Å².